The molecule has 1 atom stereocenters. The molecule has 0 saturated carbocycles. The van der Waals surface area contributed by atoms with Gasteiger partial charge in [0.25, 0.3) is 0 Å². The fraction of sp³-hybridized carbons (Fsp3) is 0.444. The minimum absolute atomic E-state index is 0.130. The van der Waals surface area contributed by atoms with E-state index in [1.54, 1.807) is 0 Å². The molecule has 0 aliphatic heterocycles. The average molecular weight is 199 g/mol. The highest BCUT2D eigenvalue weighted by atomic mass is 32.1. The largest absolute Gasteiger partial charge is 0.356 e. The van der Waals surface area contributed by atoms with Gasteiger partial charge in [-0.05, 0) is 30.9 Å². The number of Topliss-reactive ketones (excluding diaryl/α,β-unsaturated/α-hetero) is 1. The Labute approximate surface area is 81.5 Å². The number of aryl methyl sites for hydroxylation is 1. The number of rotatable bonds is 4. The molecule has 13 heavy (non-hydrogen) atoms. The second-order valence-corrected chi connectivity index (χ2v) is 3.59. The number of carbonyl (C=O) groups is 1. The number of ketones is 1. The predicted molar refractivity (Wildman–Crippen MR) is 53.0 cm³/mol. The number of ether oxygens (including phenoxy) is 1. The van der Waals surface area contributed by atoms with Crippen LogP contribution >= 0.6 is 11.3 Å². The molecule has 1 unspecified atom stereocenters. The number of nitrogens with two attached hydrogens (primary N) is 1. The van der Waals surface area contributed by atoms with Crippen molar-refractivity contribution in [3.05, 3.63) is 21.9 Å². The van der Waals surface area contributed by atoms with Gasteiger partial charge in [-0.25, -0.2) is 0 Å². The molecule has 3 nitrogen and oxygen atoms in total. The molecule has 1 aromatic rings. The van der Waals surface area contributed by atoms with Gasteiger partial charge in [-0.15, -0.1) is 11.3 Å². The topological polar surface area (TPSA) is 52.3 Å². The minimum Gasteiger partial charge on any atom is -0.356 e. The number of hydrogen-bond acceptors (Lipinski definition) is 4. The third kappa shape index (κ3) is 2.37. The van der Waals surface area contributed by atoms with Gasteiger partial charge in [0.2, 0.25) is 5.78 Å². The summed E-state index contributed by atoms with van der Waals surface area (Å²) in [6, 6.07) is 1.90. The van der Waals surface area contributed by atoms with E-state index in [0.29, 0.717) is 11.5 Å². The molecule has 0 aliphatic carbocycles. The molecule has 0 saturated heterocycles. The summed E-state index contributed by atoms with van der Waals surface area (Å²) in [6.45, 7) is 4.16. The molecule has 2 N–H and O–H groups in total. The lowest BCUT2D eigenvalue weighted by molar-refractivity contribution is 0.0483. The van der Waals surface area contributed by atoms with Gasteiger partial charge in [-0.2, -0.15) is 0 Å². The maximum absolute atomic E-state index is 11.6. The lowest BCUT2D eigenvalue weighted by Crippen LogP contribution is -2.33. The molecule has 72 valence electrons. The van der Waals surface area contributed by atoms with Gasteiger partial charge < -0.3 is 4.74 Å². The van der Waals surface area contributed by atoms with Gasteiger partial charge in [-0.3, -0.25) is 10.5 Å². The molecule has 0 bridgehead atoms. The monoisotopic (exact) mass is 199 g/mol. The first kappa shape index (κ1) is 10.4. The second kappa shape index (κ2) is 4.50. The van der Waals surface area contributed by atoms with Gasteiger partial charge in [0, 0.05) is 6.61 Å². The minimum atomic E-state index is -0.817. The molecule has 4 heteroatoms. The van der Waals surface area contributed by atoms with Crippen molar-refractivity contribution in [1.29, 1.82) is 0 Å². The molecular formula is C9H13NO2S. The van der Waals surface area contributed by atoms with Crippen LogP contribution in [0.5, 0.6) is 0 Å². The Kier molecular flexibility index (Phi) is 3.59. The lowest BCUT2D eigenvalue weighted by atomic mass is 10.2. The van der Waals surface area contributed by atoms with E-state index in [1.807, 2.05) is 25.3 Å². The molecule has 0 radical (unpaired) electrons. The van der Waals surface area contributed by atoms with E-state index in [9.17, 15) is 4.79 Å². The highest BCUT2D eigenvalue weighted by molar-refractivity contribution is 7.12. The Morgan fingerprint density at radius 2 is 2.46 bits per heavy atom. The Morgan fingerprint density at radius 3 is 2.92 bits per heavy atom. The zero-order valence-corrected chi connectivity index (χ0v) is 8.56. The number of thiophene rings is 1. The van der Waals surface area contributed by atoms with Gasteiger partial charge in [0.05, 0.1) is 4.88 Å². The van der Waals surface area contributed by atoms with Crippen LogP contribution in [0.2, 0.25) is 0 Å². The van der Waals surface area contributed by atoms with E-state index < -0.39 is 6.23 Å². The molecule has 1 aromatic heterocycles. The summed E-state index contributed by atoms with van der Waals surface area (Å²) in [6.07, 6.45) is -0.817. The van der Waals surface area contributed by atoms with Crippen molar-refractivity contribution in [3.8, 4) is 0 Å². The first-order valence-electron chi connectivity index (χ1n) is 4.12. The highest BCUT2D eigenvalue weighted by Crippen LogP contribution is 2.17. The summed E-state index contributed by atoms with van der Waals surface area (Å²) in [5, 5.41) is 1.88. The first-order chi connectivity index (χ1) is 6.16. The summed E-state index contributed by atoms with van der Waals surface area (Å²) in [7, 11) is 0. The zero-order chi connectivity index (χ0) is 9.84. The van der Waals surface area contributed by atoms with Gasteiger partial charge in [0.1, 0.15) is 0 Å². The van der Waals surface area contributed by atoms with Crippen LogP contribution < -0.4 is 5.73 Å². The maximum atomic E-state index is 11.6. The fourth-order valence-corrected chi connectivity index (χ4v) is 1.90. The summed E-state index contributed by atoms with van der Waals surface area (Å²) in [4.78, 5) is 12.3. The van der Waals surface area contributed by atoms with Crippen LogP contribution in [0, 0.1) is 6.92 Å². The van der Waals surface area contributed by atoms with Crippen LogP contribution in [0.15, 0.2) is 11.4 Å². The van der Waals surface area contributed by atoms with Crippen molar-refractivity contribution >= 4 is 17.1 Å². The van der Waals surface area contributed by atoms with Crippen molar-refractivity contribution < 1.29 is 9.53 Å². The van der Waals surface area contributed by atoms with Crippen LogP contribution in [0.4, 0.5) is 0 Å². The van der Waals surface area contributed by atoms with Crippen molar-refractivity contribution in [2.75, 3.05) is 6.61 Å². The van der Waals surface area contributed by atoms with Gasteiger partial charge >= 0.3 is 0 Å². The van der Waals surface area contributed by atoms with Crippen molar-refractivity contribution in [3.63, 3.8) is 0 Å². The molecular weight excluding hydrogens is 186 g/mol. The molecule has 0 fully saturated rings. The normalized spacial score (nSPS) is 12.8. The van der Waals surface area contributed by atoms with E-state index in [1.165, 1.54) is 11.3 Å². The second-order valence-electron chi connectivity index (χ2n) is 2.67. The third-order valence-corrected chi connectivity index (χ3v) is 2.72. The summed E-state index contributed by atoms with van der Waals surface area (Å²) < 4.78 is 5.02. The summed E-state index contributed by atoms with van der Waals surface area (Å²) in [5.41, 5.74) is 6.49. The molecule has 1 heterocycles. The van der Waals surface area contributed by atoms with Crippen molar-refractivity contribution in [1.82, 2.24) is 0 Å². The average Bonchev–Trinajstić information content (AvgIpc) is 2.50. The van der Waals surface area contributed by atoms with Crippen LogP contribution in [0.1, 0.15) is 22.2 Å². The maximum Gasteiger partial charge on any atom is 0.216 e. The smallest absolute Gasteiger partial charge is 0.216 e. The molecule has 1 rings (SSSR count). The first-order valence-corrected chi connectivity index (χ1v) is 5.00. The molecule has 0 aromatic carbocycles. The van der Waals surface area contributed by atoms with Gasteiger partial charge in [0.15, 0.2) is 6.23 Å². The third-order valence-electron chi connectivity index (χ3n) is 1.69. The van der Waals surface area contributed by atoms with Crippen LogP contribution in [-0.2, 0) is 4.74 Å². The standard InChI is InChI=1S/C9H13NO2S/c1-3-12-9(10)7(11)8-6(2)4-5-13-8/h4-5,9H,3,10H2,1-2H3. The lowest BCUT2D eigenvalue weighted by Gasteiger charge is -2.09. The van der Waals surface area contributed by atoms with E-state index in [-0.39, 0.29) is 5.78 Å². The predicted octanol–water partition coefficient (Wildman–Crippen LogP) is 1.56. The zero-order valence-electron chi connectivity index (χ0n) is 7.74. The van der Waals surface area contributed by atoms with E-state index in [4.69, 9.17) is 10.5 Å². The number of carbonyl (C=O) groups excluding carboxylic acids is 1. The van der Waals surface area contributed by atoms with E-state index in [0.717, 1.165) is 5.56 Å². The Balaban J connectivity index is 2.73. The van der Waals surface area contributed by atoms with Crippen LogP contribution in [0.3, 0.4) is 0 Å². The summed E-state index contributed by atoms with van der Waals surface area (Å²) >= 11 is 1.40. The van der Waals surface area contributed by atoms with Crippen LogP contribution in [0.25, 0.3) is 0 Å². The number of hydrogen-bond donors (Lipinski definition) is 1. The van der Waals surface area contributed by atoms with Crippen LogP contribution in [-0.4, -0.2) is 18.6 Å². The van der Waals surface area contributed by atoms with Crippen molar-refractivity contribution in [2.45, 2.75) is 20.1 Å². The Hall–Kier alpha value is -0.710. The van der Waals surface area contributed by atoms with E-state index >= 15 is 0 Å². The molecule has 0 spiro atoms. The van der Waals surface area contributed by atoms with Crippen molar-refractivity contribution in [2.24, 2.45) is 5.73 Å². The van der Waals surface area contributed by atoms with E-state index in [2.05, 4.69) is 0 Å². The Morgan fingerprint density at radius 1 is 1.77 bits per heavy atom. The molecule has 0 amide bonds. The summed E-state index contributed by atoms with van der Waals surface area (Å²) in [5.74, 6) is -0.130. The molecule has 0 aliphatic rings. The highest BCUT2D eigenvalue weighted by Gasteiger charge is 2.18. The quantitative estimate of drug-likeness (QED) is 0.591. The van der Waals surface area contributed by atoms with Gasteiger partial charge in [-0.1, -0.05) is 0 Å². The fourth-order valence-electron chi connectivity index (χ4n) is 1.01. The SMILES string of the molecule is CCOC(N)C(=O)c1sccc1C. The Bertz CT molecular complexity index is 296.